The van der Waals surface area contributed by atoms with Crippen molar-refractivity contribution < 1.29 is 9.59 Å². The van der Waals surface area contributed by atoms with Crippen molar-refractivity contribution in [3.63, 3.8) is 0 Å². The van der Waals surface area contributed by atoms with Gasteiger partial charge in [0.15, 0.2) is 0 Å². The number of aryl methyl sites for hydroxylation is 2. The first kappa shape index (κ1) is 20.7. The largest absolute Gasteiger partial charge is 0.354 e. The molecule has 2 amide bonds. The van der Waals surface area contributed by atoms with Crippen molar-refractivity contribution >= 4 is 11.8 Å². The van der Waals surface area contributed by atoms with Crippen LogP contribution in [0.5, 0.6) is 0 Å². The topological polar surface area (TPSA) is 49.4 Å². The van der Waals surface area contributed by atoms with Crippen LogP contribution in [-0.2, 0) is 22.6 Å². The number of carbonyl (C=O) groups is 2. The summed E-state index contributed by atoms with van der Waals surface area (Å²) in [5.41, 5.74) is 4.37. The minimum Gasteiger partial charge on any atom is -0.354 e. The predicted molar refractivity (Wildman–Crippen MR) is 109 cm³/mol. The molecule has 0 aliphatic rings. The van der Waals surface area contributed by atoms with Crippen molar-refractivity contribution in [3.05, 3.63) is 70.8 Å². The lowest BCUT2D eigenvalue weighted by Gasteiger charge is -2.29. The molecule has 0 aliphatic carbocycles. The first-order valence-electron chi connectivity index (χ1n) is 9.59. The van der Waals surface area contributed by atoms with Crippen molar-refractivity contribution in [1.29, 1.82) is 0 Å². The molecule has 2 aromatic carbocycles. The maximum Gasteiger partial charge on any atom is 0.242 e. The maximum absolute atomic E-state index is 13.1. The van der Waals surface area contributed by atoms with Crippen LogP contribution in [0.25, 0.3) is 0 Å². The van der Waals surface area contributed by atoms with Crippen LogP contribution in [0.15, 0.2) is 48.5 Å². The van der Waals surface area contributed by atoms with Gasteiger partial charge >= 0.3 is 0 Å². The van der Waals surface area contributed by atoms with E-state index in [-0.39, 0.29) is 11.8 Å². The molecule has 0 bridgehead atoms. The summed E-state index contributed by atoms with van der Waals surface area (Å²) in [5, 5.41) is 2.90. The zero-order valence-corrected chi connectivity index (χ0v) is 16.8. The van der Waals surface area contributed by atoms with Crippen molar-refractivity contribution in [3.8, 4) is 0 Å². The van der Waals surface area contributed by atoms with E-state index in [1.165, 1.54) is 11.1 Å². The number of nitrogens with one attached hydrogen (secondary N) is 1. The zero-order valence-electron chi connectivity index (χ0n) is 16.8. The zero-order chi connectivity index (χ0) is 19.8. The summed E-state index contributed by atoms with van der Waals surface area (Å²) in [4.78, 5) is 27.2. The number of nitrogens with zero attached hydrogens (tertiary/aromatic N) is 1. The van der Waals surface area contributed by atoms with Crippen molar-refractivity contribution in [2.75, 3.05) is 6.54 Å². The van der Waals surface area contributed by atoms with Gasteiger partial charge < -0.3 is 10.2 Å². The molecule has 0 radical (unpaired) electrons. The molecule has 0 fully saturated rings. The fourth-order valence-corrected chi connectivity index (χ4v) is 2.95. The SMILES string of the molecule is CCCNC(=O)[C@H](C)N(Cc1ccccc1)C(=O)Cc1ccc(C)c(C)c1. The molecule has 2 rings (SSSR count). The Labute approximate surface area is 162 Å². The van der Waals surface area contributed by atoms with E-state index in [0.29, 0.717) is 19.5 Å². The summed E-state index contributed by atoms with van der Waals surface area (Å²) in [5.74, 6) is -0.150. The first-order chi connectivity index (χ1) is 12.9. The van der Waals surface area contributed by atoms with Gasteiger partial charge in [-0.3, -0.25) is 9.59 Å². The second-order valence-electron chi connectivity index (χ2n) is 7.07. The van der Waals surface area contributed by atoms with Crippen LogP contribution in [-0.4, -0.2) is 29.3 Å². The Morgan fingerprint density at radius 1 is 1.00 bits per heavy atom. The Balaban J connectivity index is 2.19. The normalized spacial score (nSPS) is 11.7. The number of carbonyl (C=O) groups excluding carboxylic acids is 2. The van der Waals surface area contributed by atoms with Crippen LogP contribution < -0.4 is 5.32 Å². The van der Waals surface area contributed by atoms with Crippen LogP contribution in [0.4, 0.5) is 0 Å². The molecule has 0 aliphatic heterocycles. The lowest BCUT2D eigenvalue weighted by molar-refractivity contribution is -0.140. The molecular formula is C23H30N2O2. The van der Waals surface area contributed by atoms with Gasteiger partial charge in [-0.05, 0) is 49.4 Å². The van der Waals surface area contributed by atoms with Crippen LogP contribution in [0, 0.1) is 13.8 Å². The molecule has 27 heavy (non-hydrogen) atoms. The molecule has 0 spiro atoms. The Hall–Kier alpha value is -2.62. The Kier molecular flexibility index (Phi) is 7.59. The highest BCUT2D eigenvalue weighted by Crippen LogP contribution is 2.15. The molecule has 1 N–H and O–H groups in total. The molecule has 2 aromatic rings. The number of hydrogen-bond acceptors (Lipinski definition) is 2. The summed E-state index contributed by atoms with van der Waals surface area (Å²) in [7, 11) is 0. The van der Waals surface area contributed by atoms with Gasteiger partial charge in [0, 0.05) is 13.1 Å². The second kappa shape index (κ2) is 9.91. The molecule has 0 saturated carbocycles. The molecule has 0 unspecified atom stereocenters. The highest BCUT2D eigenvalue weighted by molar-refractivity contribution is 5.88. The van der Waals surface area contributed by atoms with Gasteiger partial charge in [0.1, 0.15) is 6.04 Å². The highest BCUT2D eigenvalue weighted by atomic mass is 16.2. The molecule has 0 aromatic heterocycles. The standard InChI is InChI=1S/C23H30N2O2/c1-5-13-24-23(27)19(4)25(16-20-9-7-6-8-10-20)22(26)15-21-12-11-17(2)18(3)14-21/h6-12,14,19H,5,13,15-16H2,1-4H3,(H,24,27)/t19-/m0/s1. The summed E-state index contributed by atoms with van der Waals surface area (Å²) >= 11 is 0. The Morgan fingerprint density at radius 3 is 2.33 bits per heavy atom. The van der Waals surface area contributed by atoms with Crippen LogP contribution in [0.2, 0.25) is 0 Å². The van der Waals surface area contributed by atoms with E-state index in [1.54, 1.807) is 11.8 Å². The monoisotopic (exact) mass is 366 g/mol. The van der Waals surface area contributed by atoms with Crippen molar-refractivity contribution in [2.45, 2.75) is 53.1 Å². The second-order valence-corrected chi connectivity index (χ2v) is 7.07. The molecule has 4 heteroatoms. The quantitative estimate of drug-likeness (QED) is 0.773. The van der Waals surface area contributed by atoms with Gasteiger partial charge in [-0.1, -0.05) is 55.5 Å². The van der Waals surface area contributed by atoms with Gasteiger partial charge in [0.05, 0.1) is 6.42 Å². The molecular weight excluding hydrogens is 336 g/mol. The number of benzene rings is 2. The molecule has 4 nitrogen and oxygen atoms in total. The molecule has 1 atom stereocenters. The van der Waals surface area contributed by atoms with E-state index in [4.69, 9.17) is 0 Å². The lowest BCUT2D eigenvalue weighted by atomic mass is 10.0. The van der Waals surface area contributed by atoms with Crippen molar-refractivity contribution in [1.82, 2.24) is 10.2 Å². The highest BCUT2D eigenvalue weighted by Gasteiger charge is 2.26. The fraction of sp³-hybridized carbons (Fsp3) is 0.391. The first-order valence-corrected chi connectivity index (χ1v) is 9.59. The van der Waals surface area contributed by atoms with E-state index in [0.717, 1.165) is 17.5 Å². The third-order valence-corrected chi connectivity index (χ3v) is 4.84. The van der Waals surface area contributed by atoms with E-state index in [1.807, 2.05) is 56.3 Å². The van der Waals surface area contributed by atoms with Crippen LogP contribution >= 0.6 is 0 Å². The average molecular weight is 367 g/mol. The van der Waals surface area contributed by atoms with Gasteiger partial charge in [0.25, 0.3) is 0 Å². The summed E-state index contributed by atoms with van der Waals surface area (Å²) in [6.07, 6.45) is 1.16. The van der Waals surface area contributed by atoms with E-state index < -0.39 is 6.04 Å². The third-order valence-electron chi connectivity index (χ3n) is 4.84. The molecule has 144 valence electrons. The molecule has 0 heterocycles. The maximum atomic E-state index is 13.1. The van der Waals surface area contributed by atoms with Crippen LogP contribution in [0.3, 0.4) is 0 Å². The van der Waals surface area contributed by atoms with Gasteiger partial charge in [-0.15, -0.1) is 0 Å². The summed E-state index contributed by atoms with van der Waals surface area (Å²) < 4.78 is 0. The number of hydrogen-bond donors (Lipinski definition) is 1. The van der Waals surface area contributed by atoms with E-state index >= 15 is 0 Å². The molecule has 0 saturated heterocycles. The van der Waals surface area contributed by atoms with E-state index in [2.05, 4.69) is 18.3 Å². The Bertz CT molecular complexity index is 771. The number of rotatable bonds is 8. The minimum atomic E-state index is -0.518. The van der Waals surface area contributed by atoms with Gasteiger partial charge in [-0.2, -0.15) is 0 Å². The fourth-order valence-electron chi connectivity index (χ4n) is 2.95. The van der Waals surface area contributed by atoms with Gasteiger partial charge in [-0.25, -0.2) is 0 Å². The lowest BCUT2D eigenvalue weighted by Crippen LogP contribution is -2.48. The minimum absolute atomic E-state index is 0.0405. The summed E-state index contributed by atoms with van der Waals surface area (Å²) in [6, 6.07) is 15.4. The smallest absolute Gasteiger partial charge is 0.242 e. The van der Waals surface area contributed by atoms with Crippen molar-refractivity contribution in [2.24, 2.45) is 0 Å². The third kappa shape index (κ3) is 5.95. The van der Waals surface area contributed by atoms with Gasteiger partial charge in [0.2, 0.25) is 11.8 Å². The average Bonchev–Trinajstić information content (AvgIpc) is 2.67. The Morgan fingerprint density at radius 2 is 1.70 bits per heavy atom. The summed E-state index contributed by atoms with van der Waals surface area (Å²) in [6.45, 7) is 8.96. The van der Waals surface area contributed by atoms with E-state index in [9.17, 15) is 9.59 Å². The number of amides is 2. The predicted octanol–water partition coefficient (Wildman–Crippen LogP) is 3.79. The van der Waals surface area contributed by atoms with Crippen LogP contribution in [0.1, 0.15) is 42.5 Å².